The SMILES string of the molecule is COc1ccc(C2C(C#N)=C(N)Oc3cc(OC(=O)c4ccccc4)ccc32)cc1OC. The lowest BCUT2D eigenvalue weighted by Crippen LogP contribution is -2.21. The summed E-state index contributed by atoms with van der Waals surface area (Å²) < 4.78 is 21.9. The molecule has 0 saturated heterocycles. The molecule has 1 atom stereocenters. The minimum absolute atomic E-state index is 0.00804. The summed E-state index contributed by atoms with van der Waals surface area (Å²) in [6.07, 6.45) is 0. The second kappa shape index (κ2) is 8.74. The molecule has 2 N–H and O–H groups in total. The molecular weight excluding hydrogens is 408 g/mol. The van der Waals surface area contributed by atoms with Gasteiger partial charge in [0.1, 0.15) is 23.1 Å². The zero-order valence-corrected chi connectivity index (χ0v) is 17.5. The number of fused-ring (bicyclic) bond motifs is 1. The van der Waals surface area contributed by atoms with Crippen molar-refractivity contribution < 1.29 is 23.7 Å². The molecule has 0 radical (unpaired) electrons. The predicted octanol–water partition coefficient (Wildman–Crippen LogP) is 4.14. The third-order valence-corrected chi connectivity index (χ3v) is 5.15. The number of nitrogens with two attached hydrogens (primary N) is 1. The predicted molar refractivity (Wildman–Crippen MR) is 117 cm³/mol. The molecule has 1 aliphatic heterocycles. The molecule has 1 aliphatic rings. The second-order valence-electron chi connectivity index (χ2n) is 6.99. The van der Waals surface area contributed by atoms with Crippen LogP contribution in [-0.4, -0.2) is 20.2 Å². The third-order valence-electron chi connectivity index (χ3n) is 5.15. The summed E-state index contributed by atoms with van der Waals surface area (Å²) in [6.45, 7) is 0. The smallest absolute Gasteiger partial charge is 0.343 e. The number of nitriles is 1. The third kappa shape index (κ3) is 3.82. The van der Waals surface area contributed by atoms with Gasteiger partial charge in [0.25, 0.3) is 0 Å². The lowest BCUT2D eigenvalue weighted by Gasteiger charge is -2.27. The first-order chi connectivity index (χ1) is 15.5. The number of methoxy groups -OCH3 is 2. The molecule has 0 aromatic heterocycles. The summed E-state index contributed by atoms with van der Waals surface area (Å²) in [6, 6.07) is 21.2. The number of carbonyl (C=O) groups excluding carboxylic acids is 1. The molecule has 160 valence electrons. The minimum Gasteiger partial charge on any atom is -0.493 e. The Labute approximate surface area is 185 Å². The van der Waals surface area contributed by atoms with Crippen LogP contribution in [0.2, 0.25) is 0 Å². The Kier molecular flexibility index (Phi) is 5.69. The molecule has 7 heteroatoms. The number of carbonyl (C=O) groups is 1. The standard InChI is InChI=1S/C25H20N2O5/c1-29-20-11-8-16(12-22(20)30-2)23-18-10-9-17(13-21(18)32-24(27)19(23)14-26)31-25(28)15-6-4-3-5-7-15/h3-13,23H,27H2,1-2H3. The van der Waals surface area contributed by atoms with Crippen LogP contribution in [0.25, 0.3) is 0 Å². The molecule has 0 amide bonds. The van der Waals surface area contributed by atoms with Gasteiger partial charge in [0.05, 0.1) is 25.7 Å². The quantitative estimate of drug-likeness (QED) is 0.481. The van der Waals surface area contributed by atoms with Crippen LogP contribution >= 0.6 is 0 Å². The Bertz CT molecular complexity index is 1240. The molecule has 7 nitrogen and oxygen atoms in total. The maximum atomic E-state index is 12.4. The summed E-state index contributed by atoms with van der Waals surface area (Å²) in [5, 5.41) is 9.75. The summed E-state index contributed by atoms with van der Waals surface area (Å²) in [5.74, 6) is 0.828. The molecule has 1 unspecified atom stereocenters. The van der Waals surface area contributed by atoms with E-state index in [0.29, 0.717) is 34.1 Å². The van der Waals surface area contributed by atoms with Crippen LogP contribution in [0.1, 0.15) is 27.4 Å². The number of allylic oxidation sites excluding steroid dienone is 1. The first-order valence-corrected chi connectivity index (χ1v) is 9.76. The Morgan fingerprint density at radius 1 is 1.00 bits per heavy atom. The summed E-state index contributed by atoms with van der Waals surface area (Å²) in [7, 11) is 3.10. The number of nitrogens with zero attached hydrogens (tertiary/aromatic N) is 1. The van der Waals surface area contributed by atoms with Crippen LogP contribution in [0.4, 0.5) is 0 Å². The van der Waals surface area contributed by atoms with Gasteiger partial charge in [0.15, 0.2) is 11.5 Å². The molecule has 4 rings (SSSR count). The van der Waals surface area contributed by atoms with Crippen LogP contribution in [0.15, 0.2) is 78.2 Å². The maximum absolute atomic E-state index is 12.4. The van der Waals surface area contributed by atoms with Gasteiger partial charge in [-0.05, 0) is 35.9 Å². The van der Waals surface area contributed by atoms with Crippen molar-refractivity contribution in [3.05, 3.63) is 94.9 Å². The van der Waals surface area contributed by atoms with Gasteiger partial charge < -0.3 is 24.7 Å². The van der Waals surface area contributed by atoms with Crippen LogP contribution in [0, 0.1) is 11.3 Å². The fourth-order valence-corrected chi connectivity index (χ4v) is 3.61. The van der Waals surface area contributed by atoms with E-state index >= 15 is 0 Å². The van der Waals surface area contributed by atoms with Gasteiger partial charge in [-0.1, -0.05) is 30.3 Å². The van der Waals surface area contributed by atoms with Crippen LogP contribution in [0.5, 0.6) is 23.0 Å². The van der Waals surface area contributed by atoms with Gasteiger partial charge in [-0.15, -0.1) is 0 Å². The van der Waals surface area contributed by atoms with Gasteiger partial charge in [-0.25, -0.2) is 4.79 Å². The average molecular weight is 428 g/mol. The number of hydrogen-bond acceptors (Lipinski definition) is 7. The summed E-state index contributed by atoms with van der Waals surface area (Å²) in [4.78, 5) is 12.4. The molecule has 0 aliphatic carbocycles. The molecule has 3 aromatic rings. The van der Waals surface area contributed by atoms with E-state index in [-0.39, 0.29) is 11.5 Å². The topological polar surface area (TPSA) is 104 Å². The monoisotopic (exact) mass is 428 g/mol. The van der Waals surface area contributed by atoms with Gasteiger partial charge in [-0.3, -0.25) is 0 Å². The van der Waals surface area contributed by atoms with E-state index in [9.17, 15) is 10.1 Å². The van der Waals surface area contributed by atoms with Crippen LogP contribution in [0.3, 0.4) is 0 Å². The zero-order chi connectivity index (χ0) is 22.7. The van der Waals surface area contributed by atoms with E-state index in [1.807, 2.05) is 12.1 Å². The average Bonchev–Trinajstić information content (AvgIpc) is 2.83. The highest BCUT2D eigenvalue weighted by atomic mass is 16.5. The zero-order valence-electron chi connectivity index (χ0n) is 17.5. The molecule has 0 saturated carbocycles. The van der Waals surface area contributed by atoms with E-state index in [2.05, 4.69) is 6.07 Å². The van der Waals surface area contributed by atoms with E-state index < -0.39 is 11.9 Å². The van der Waals surface area contributed by atoms with Crippen LogP contribution in [-0.2, 0) is 0 Å². The molecule has 0 bridgehead atoms. The van der Waals surface area contributed by atoms with E-state index in [1.54, 1.807) is 68.8 Å². The van der Waals surface area contributed by atoms with Crippen LogP contribution < -0.4 is 24.7 Å². The second-order valence-corrected chi connectivity index (χ2v) is 6.99. The number of hydrogen-bond donors (Lipinski definition) is 1. The maximum Gasteiger partial charge on any atom is 0.343 e. The van der Waals surface area contributed by atoms with Gasteiger partial charge >= 0.3 is 5.97 Å². The Balaban J connectivity index is 1.73. The highest BCUT2D eigenvalue weighted by Gasteiger charge is 2.31. The number of esters is 1. The fraction of sp³-hybridized carbons (Fsp3) is 0.120. The van der Waals surface area contributed by atoms with Gasteiger partial charge in [-0.2, -0.15) is 5.26 Å². The van der Waals surface area contributed by atoms with E-state index in [0.717, 1.165) is 5.56 Å². The highest BCUT2D eigenvalue weighted by Crippen LogP contribution is 2.45. The Morgan fingerprint density at radius 2 is 1.75 bits per heavy atom. The van der Waals surface area contributed by atoms with Crippen molar-refractivity contribution >= 4 is 5.97 Å². The van der Waals surface area contributed by atoms with Crippen molar-refractivity contribution in [3.8, 4) is 29.1 Å². The minimum atomic E-state index is -0.487. The largest absolute Gasteiger partial charge is 0.493 e. The molecule has 1 heterocycles. The van der Waals surface area contributed by atoms with E-state index in [4.69, 9.17) is 24.7 Å². The summed E-state index contributed by atoms with van der Waals surface area (Å²) in [5.41, 5.74) is 8.27. The molecule has 32 heavy (non-hydrogen) atoms. The molecular formula is C25H20N2O5. The van der Waals surface area contributed by atoms with Crippen molar-refractivity contribution in [2.75, 3.05) is 14.2 Å². The summed E-state index contributed by atoms with van der Waals surface area (Å²) >= 11 is 0. The first-order valence-electron chi connectivity index (χ1n) is 9.76. The molecule has 0 spiro atoms. The fourth-order valence-electron chi connectivity index (χ4n) is 3.61. The van der Waals surface area contributed by atoms with Gasteiger partial charge in [0, 0.05) is 11.6 Å². The lowest BCUT2D eigenvalue weighted by atomic mass is 9.83. The van der Waals surface area contributed by atoms with Crippen molar-refractivity contribution in [1.82, 2.24) is 0 Å². The number of rotatable bonds is 5. The number of benzene rings is 3. The number of ether oxygens (including phenoxy) is 4. The normalized spacial score (nSPS) is 14.6. The Morgan fingerprint density at radius 3 is 2.44 bits per heavy atom. The van der Waals surface area contributed by atoms with E-state index in [1.165, 1.54) is 0 Å². The first kappa shape index (κ1) is 20.8. The van der Waals surface area contributed by atoms with Crippen molar-refractivity contribution in [1.29, 1.82) is 5.26 Å². The highest BCUT2D eigenvalue weighted by molar-refractivity contribution is 5.91. The molecule has 3 aromatic carbocycles. The van der Waals surface area contributed by atoms with Crippen molar-refractivity contribution in [2.24, 2.45) is 5.73 Å². The lowest BCUT2D eigenvalue weighted by molar-refractivity contribution is 0.0734. The van der Waals surface area contributed by atoms with Crippen molar-refractivity contribution in [2.45, 2.75) is 5.92 Å². The molecule has 0 fully saturated rings. The van der Waals surface area contributed by atoms with Crippen molar-refractivity contribution in [3.63, 3.8) is 0 Å². The van der Waals surface area contributed by atoms with Gasteiger partial charge in [0.2, 0.25) is 5.88 Å². The Hall–Kier alpha value is -4.44.